The van der Waals surface area contributed by atoms with Crippen molar-refractivity contribution in [1.29, 1.82) is 0 Å². The molecule has 1 aromatic rings. The Morgan fingerprint density at radius 3 is 2.63 bits per heavy atom. The van der Waals surface area contributed by atoms with Crippen LogP contribution in [0.25, 0.3) is 0 Å². The van der Waals surface area contributed by atoms with Crippen molar-refractivity contribution in [3.63, 3.8) is 0 Å². The molecular weight excluding hydrogens is 252 g/mol. The fourth-order valence-corrected chi connectivity index (χ4v) is 1.81. The number of piperidine rings is 1. The van der Waals surface area contributed by atoms with E-state index in [1.165, 1.54) is 25.5 Å². The van der Waals surface area contributed by atoms with Gasteiger partial charge in [0.15, 0.2) is 0 Å². The molecule has 0 radical (unpaired) electrons. The topological polar surface area (TPSA) is 30.5 Å². The Labute approximate surface area is 112 Å². The molecule has 0 aliphatic carbocycles. The lowest BCUT2D eigenvalue weighted by atomic mass is 10.1. The highest BCUT2D eigenvalue weighted by molar-refractivity contribution is 5.27. The van der Waals surface area contributed by atoms with E-state index in [-0.39, 0.29) is 5.75 Å². The molecule has 0 bridgehead atoms. The molecule has 3 nitrogen and oxygen atoms in total. The summed E-state index contributed by atoms with van der Waals surface area (Å²) >= 11 is 0. The van der Waals surface area contributed by atoms with Gasteiger partial charge in [-0.3, -0.25) is 0 Å². The maximum absolute atomic E-state index is 11.6. The summed E-state index contributed by atoms with van der Waals surface area (Å²) in [7, 11) is 1.78. The van der Waals surface area contributed by atoms with Crippen molar-refractivity contribution in [3.05, 3.63) is 29.8 Å². The third kappa shape index (κ3) is 7.08. The van der Waals surface area contributed by atoms with Gasteiger partial charge in [-0.05, 0) is 44.0 Å². The number of nitrogens with one attached hydrogen (secondary N) is 1. The quantitative estimate of drug-likeness (QED) is 0.918. The minimum Gasteiger partial charge on any atom is -0.435 e. The first-order chi connectivity index (χ1) is 9.11. The van der Waals surface area contributed by atoms with Crippen LogP contribution in [-0.4, -0.2) is 32.9 Å². The lowest BCUT2D eigenvalue weighted by Crippen LogP contribution is -2.34. The van der Waals surface area contributed by atoms with Crippen molar-refractivity contribution in [2.24, 2.45) is 0 Å². The van der Waals surface area contributed by atoms with Gasteiger partial charge in [0, 0.05) is 13.7 Å². The number of halogens is 2. The van der Waals surface area contributed by atoms with Gasteiger partial charge in [0.05, 0.1) is 6.10 Å². The van der Waals surface area contributed by atoms with Gasteiger partial charge in [-0.15, -0.1) is 0 Å². The van der Waals surface area contributed by atoms with E-state index >= 15 is 0 Å². The van der Waals surface area contributed by atoms with Crippen molar-refractivity contribution in [2.75, 3.05) is 20.2 Å². The van der Waals surface area contributed by atoms with Crippen LogP contribution in [0.2, 0.25) is 0 Å². The maximum atomic E-state index is 11.6. The minimum atomic E-state index is -2.74. The van der Waals surface area contributed by atoms with Crippen LogP contribution in [0.5, 0.6) is 5.75 Å². The maximum Gasteiger partial charge on any atom is 0.387 e. The smallest absolute Gasteiger partial charge is 0.387 e. The van der Waals surface area contributed by atoms with E-state index in [4.69, 9.17) is 4.74 Å². The summed E-state index contributed by atoms with van der Waals surface area (Å²) in [5, 5.41) is 3.26. The Bertz CT molecular complexity index is 355. The Kier molecular flexibility index (Phi) is 7.36. The van der Waals surface area contributed by atoms with E-state index in [1.807, 2.05) is 13.0 Å². The number of alkyl halides is 2. The largest absolute Gasteiger partial charge is 0.435 e. The molecule has 1 aliphatic rings. The zero-order chi connectivity index (χ0) is 14.1. The number of ether oxygens (including phenoxy) is 2. The lowest BCUT2D eigenvalue weighted by Gasteiger charge is -2.20. The second-order valence-electron chi connectivity index (χ2n) is 4.40. The van der Waals surface area contributed by atoms with Crippen LogP contribution in [0.1, 0.15) is 18.4 Å². The van der Waals surface area contributed by atoms with Crippen LogP contribution in [0, 0.1) is 6.92 Å². The monoisotopic (exact) mass is 273 g/mol. The Morgan fingerprint density at radius 1 is 1.37 bits per heavy atom. The molecule has 19 heavy (non-hydrogen) atoms. The normalized spacial score (nSPS) is 18.7. The highest BCUT2D eigenvalue weighted by Crippen LogP contribution is 2.14. The lowest BCUT2D eigenvalue weighted by molar-refractivity contribution is -0.0498. The van der Waals surface area contributed by atoms with Gasteiger partial charge in [-0.2, -0.15) is 8.78 Å². The fraction of sp³-hybridized carbons (Fsp3) is 0.571. The van der Waals surface area contributed by atoms with Gasteiger partial charge in [0.2, 0.25) is 0 Å². The first kappa shape index (κ1) is 15.9. The number of hydrogen-bond donors (Lipinski definition) is 1. The standard InChI is InChI=1S/C8H8F2O.C6H13NO/c1-6-3-2-4-7(5-6)11-8(9)10;1-8-6-3-2-4-7-5-6/h2-5,8H,1H3;6-7H,2-5H2,1H3/t;6-/m.1/s1. The van der Waals surface area contributed by atoms with E-state index in [0.29, 0.717) is 6.10 Å². The molecule has 1 fully saturated rings. The van der Waals surface area contributed by atoms with Crippen LogP contribution in [0.3, 0.4) is 0 Å². The molecule has 1 aromatic carbocycles. The average molecular weight is 273 g/mol. The molecule has 0 amide bonds. The van der Waals surface area contributed by atoms with E-state index in [0.717, 1.165) is 12.1 Å². The Morgan fingerprint density at radius 2 is 2.16 bits per heavy atom. The summed E-state index contributed by atoms with van der Waals surface area (Å²) in [5.74, 6) is 0.208. The second-order valence-corrected chi connectivity index (χ2v) is 4.40. The van der Waals surface area contributed by atoms with Gasteiger partial charge in [0.1, 0.15) is 5.75 Å². The first-order valence-electron chi connectivity index (χ1n) is 6.37. The molecule has 5 heteroatoms. The first-order valence-corrected chi connectivity index (χ1v) is 6.37. The van der Waals surface area contributed by atoms with Crippen molar-refractivity contribution < 1.29 is 18.3 Å². The van der Waals surface area contributed by atoms with E-state index in [9.17, 15) is 8.78 Å². The molecule has 0 aromatic heterocycles. The zero-order valence-electron chi connectivity index (χ0n) is 11.4. The predicted molar refractivity (Wildman–Crippen MR) is 70.7 cm³/mol. The van der Waals surface area contributed by atoms with Crippen LogP contribution in [0.15, 0.2) is 24.3 Å². The summed E-state index contributed by atoms with van der Waals surface area (Å²) in [5.41, 5.74) is 0.906. The molecular formula is C14H21F2NO2. The molecule has 0 spiro atoms. The fourth-order valence-electron chi connectivity index (χ4n) is 1.81. The molecule has 1 heterocycles. The highest BCUT2D eigenvalue weighted by Gasteiger charge is 2.09. The molecule has 1 N–H and O–H groups in total. The van der Waals surface area contributed by atoms with E-state index in [1.54, 1.807) is 19.2 Å². The SMILES string of the molecule is CO[C@@H]1CCCNC1.Cc1cccc(OC(F)F)c1. The molecule has 2 rings (SSSR count). The Hall–Kier alpha value is -1.20. The number of rotatable bonds is 3. The summed E-state index contributed by atoms with van der Waals surface area (Å²) in [6.07, 6.45) is 2.96. The second kappa shape index (κ2) is 8.82. The third-order valence-corrected chi connectivity index (χ3v) is 2.80. The Balaban J connectivity index is 0.000000200. The number of methoxy groups -OCH3 is 1. The molecule has 1 saturated heterocycles. The van der Waals surface area contributed by atoms with Gasteiger partial charge >= 0.3 is 6.61 Å². The van der Waals surface area contributed by atoms with E-state index < -0.39 is 6.61 Å². The van der Waals surface area contributed by atoms with Crippen molar-refractivity contribution in [1.82, 2.24) is 5.32 Å². The molecule has 0 unspecified atom stereocenters. The van der Waals surface area contributed by atoms with Crippen LogP contribution < -0.4 is 10.1 Å². The van der Waals surface area contributed by atoms with Gasteiger partial charge < -0.3 is 14.8 Å². The zero-order valence-corrected chi connectivity index (χ0v) is 11.4. The van der Waals surface area contributed by atoms with Gasteiger partial charge in [0.25, 0.3) is 0 Å². The average Bonchev–Trinajstić information content (AvgIpc) is 2.40. The van der Waals surface area contributed by atoms with Crippen LogP contribution >= 0.6 is 0 Å². The minimum absolute atomic E-state index is 0.208. The number of aryl methyl sites for hydroxylation is 1. The third-order valence-electron chi connectivity index (χ3n) is 2.80. The molecule has 0 saturated carbocycles. The summed E-state index contributed by atoms with van der Waals surface area (Å²) < 4.78 is 32.6. The number of hydrogen-bond acceptors (Lipinski definition) is 3. The van der Waals surface area contributed by atoms with Crippen molar-refractivity contribution in [2.45, 2.75) is 32.5 Å². The van der Waals surface area contributed by atoms with Gasteiger partial charge in [-0.1, -0.05) is 12.1 Å². The summed E-state index contributed by atoms with van der Waals surface area (Å²) in [6.45, 7) is 1.28. The highest BCUT2D eigenvalue weighted by atomic mass is 19.3. The molecule has 1 aliphatic heterocycles. The molecule has 108 valence electrons. The number of benzene rings is 1. The van der Waals surface area contributed by atoms with Crippen LogP contribution in [0.4, 0.5) is 8.78 Å². The van der Waals surface area contributed by atoms with Gasteiger partial charge in [-0.25, -0.2) is 0 Å². The predicted octanol–water partition coefficient (Wildman–Crippen LogP) is 2.98. The van der Waals surface area contributed by atoms with E-state index in [2.05, 4.69) is 10.1 Å². The van der Waals surface area contributed by atoms with Crippen molar-refractivity contribution in [3.8, 4) is 5.75 Å². The van der Waals surface area contributed by atoms with Crippen molar-refractivity contribution >= 4 is 0 Å². The molecule has 1 atom stereocenters. The summed E-state index contributed by atoms with van der Waals surface area (Å²) in [6, 6.07) is 6.55. The summed E-state index contributed by atoms with van der Waals surface area (Å²) in [4.78, 5) is 0. The van der Waals surface area contributed by atoms with Crippen LogP contribution in [-0.2, 0) is 4.74 Å².